The molecule has 1 N–H and O–H groups in total. The van der Waals surface area contributed by atoms with Crippen molar-refractivity contribution in [2.24, 2.45) is 0 Å². The maximum absolute atomic E-state index is 10.2. The molecule has 18 heavy (non-hydrogen) atoms. The molecule has 2 heterocycles. The number of thiophene rings is 1. The third-order valence-electron chi connectivity index (χ3n) is 3.56. The van der Waals surface area contributed by atoms with E-state index in [2.05, 4.69) is 13.0 Å². The second-order valence-electron chi connectivity index (χ2n) is 5.12. The third kappa shape index (κ3) is 4.01. The number of aliphatic hydroxyl groups is 1. The number of fused-ring (bicyclic) bond motifs is 1. The summed E-state index contributed by atoms with van der Waals surface area (Å²) in [6.45, 7) is 2.24. The quantitative estimate of drug-likeness (QED) is 0.716. The molecule has 3 heteroatoms. The van der Waals surface area contributed by atoms with Crippen LogP contribution in [-0.2, 0) is 12.2 Å². The van der Waals surface area contributed by atoms with Gasteiger partial charge in [-0.2, -0.15) is 11.8 Å². The second kappa shape index (κ2) is 7.56. The molecule has 102 valence electrons. The molecule has 1 atom stereocenters. The predicted octanol–water partition coefficient (Wildman–Crippen LogP) is 4.93. The molecule has 1 aliphatic heterocycles. The largest absolute Gasteiger partial charge is 0.388 e. The number of thioether (sulfide) groups is 1. The predicted molar refractivity (Wildman–Crippen MR) is 82.5 cm³/mol. The van der Waals surface area contributed by atoms with E-state index in [0.29, 0.717) is 0 Å². The summed E-state index contributed by atoms with van der Waals surface area (Å²) < 4.78 is 0. The van der Waals surface area contributed by atoms with Gasteiger partial charge in [0.2, 0.25) is 0 Å². The third-order valence-corrected chi connectivity index (χ3v) is 5.90. The van der Waals surface area contributed by atoms with Gasteiger partial charge in [0.15, 0.2) is 0 Å². The van der Waals surface area contributed by atoms with Crippen molar-refractivity contribution in [2.75, 3.05) is 5.75 Å². The average molecular weight is 284 g/mol. The first-order chi connectivity index (χ1) is 8.81. The zero-order valence-electron chi connectivity index (χ0n) is 11.3. The lowest BCUT2D eigenvalue weighted by Gasteiger charge is -2.08. The van der Waals surface area contributed by atoms with Crippen molar-refractivity contribution in [3.63, 3.8) is 0 Å². The fraction of sp³-hybridized carbons (Fsp3) is 0.733. The summed E-state index contributed by atoms with van der Waals surface area (Å²) in [5.74, 6) is 2.40. The van der Waals surface area contributed by atoms with Gasteiger partial charge >= 0.3 is 0 Å². The molecule has 0 amide bonds. The fourth-order valence-electron chi connectivity index (χ4n) is 2.42. The Morgan fingerprint density at radius 3 is 2.89 bits per heavy atom. The first kappa shape index (κ1) is 14.4. The highest BCUT2D eigenvalue weighted by Crippen LogP contribution is 2.35. The fourth-order valence-corrected chi connectivity index (χ4v) is 4.81. The Morgan fingerprint density at radius 2 is 2.11 bits per heavy atom. The van der Waals surface area contributed by atoms with Gasteiger partial charge in [-0.3, -0.25) is 0 Å². The lowest BCUT2D eigenvalue weighted by molar-refractivity contribution is 0.167. The Morgan fingerprint density at radius 1 is 1.28 bits per heavy atom. The Balaban J connectivity index is 1.78. The number of hydrogen-bond acceptors (Lipinski definition) is 3. The number of rotatable bonds is 7. The normalized spacial score (nSPS) is 16.6. The molecule has 0 aromatic carbocycles. The van der Waals surface area contributed by atoms with Crippen LogP contribution >= 0.6 is 23.1 Å². The monoisotopic (exact) mass is 284 g/mol. The van der Waals surface area contributed by atoms with Gasteiger partial charge < -0.3 is 5.11 Å². The van der Waals surface area contributed by atoms with E-state index < -0.39 is 0 Å². The molecule has 1 aliphatic rings. The topological polar surface area (TPSA) is 20.2 Å². The van der Waals surface area contributed by atoms with E-state index in [-0.39, 0.29) is 6.10 Å². The molecule has 0 aliphatic carbocycles. The van der Waals surface area contributed by atoms with Crippen LogP contribution in [-0.4, -0.2) is 10.9 Å². The van der Waals surface area contributed by atoms with Gasteiger partial charge in [0.1, 0.15) is 0 Å². The van der Waals surface area contributed by atoms with Crippen LogP contribution in [0.4, 0.5) is 0 Å². The molecule has 0 spiro atoms. The molecule has 1 nitrogen and oxygen atoms in total. The minimum Gasteiger partial charge on any atom is -0.388 e. The smallest absolute Gasteiger partial charge is 0.0882 e. The summed E-state index contributed by atoms with van der Waals surface area (Å²) in [6, 6.07) is 2.25. The summed E-state index contributed by atoms with van der Waals surface area (Å²) in [5, 5.41) is 10.2. The number of aryl methyl sites for hydroxylation is 1. The van der Waals surface area contributed by atoms with Gasteiger partial charge in [-0.05, 0) is 30.2 Å². The van der Waals surface area contributed by atoms with Gasteiger partial charge in [0.25, 0.3) is 0 Å². The summed E-state index contributed by atoms with van der Waals surface area (Å²) in [4.78, 5) is 2.73. The van der Waals surface area contributed by atoms with Gasteiger partial charge in [0, 0.05) is 15.5 Å². The van der Waals surface area contributed by atoms with Crippen molar-refractivity contribution in [3.05, 3.63) is 21.4 Å². The molecular weight excluding hydrogens is 260 g/mol. The van der Waals surface area contributed by atoms with E-state index in [1.807, 2.05) is 23.1 Å². The highest BCUT2D eigenvalue weighted by molar-refractivity contribution is 7.98. The van der Waals surface area contributed by atoms with Gasteiger partial charge in [-0.15, -0.1) is 11.3 Å². The second-order valence-corrected chi connectivity index (χ2v) is 7.39. The highest BCUT2D eigenvalue weighted by atomic mass is 32.2. The van der Waals surface area contributed by atoms with Crippen LogP contribution in [0.25, 0.3) is 0 Å². The van der Waals surface area contributed by atoms with Gasteiger partial charge in [0.05, 0.1) is 6.10 Å². The zero-order chi connectivity index (χ0) is 12.8. The van der Waals surface area contributed by atoms with Crippen LogP contribution < -0.4 is 0 Å². The lowest BCUT2D eigenvalue weighted by atomic mass is 10.1. The van der Waals surface area contributed by atoms with Crippen LogP contribution in [0.1, 0.15) is 66.9 Å². The van der Waals surface area contributed by atoms with E-state index in [1.54, 1.807) is 0 Å². The van der Waals surface area contributed by atoms with Gasteiger partial charge in [-0.25, -0.2) is 0 Å². The molecule has 2 rings (SSSR count). The molecule has 1 aromatic heterocycles. The van der Waals surface area contributed by atoms with Crippen LogP contribution in [0.2, 0.25) is 0 Å². The van der Waals surface area contributed by atoms with E-state index in [9.17, 15) is 5.11 Å². The number of unbranched alkanes of at least 4 members (excludes halogenated alkanes) is 4. The maximum atomic E-state index is 10.2. The molecule has 1 unspecified atom stereocenters. The SMILES string of the molecule is CCCCCCCC(O)c1cc2c(s1)CCSC2. The maximum Gasteiger partial charge on any atom is 0.0882 e. The summed E-state index contributed by atoms with van der Waals surface area (Å²) in [5.41, 5.74) is 1.48. The van der Waals surface area contributed by atoms with E-state index in [0.717, 1.165) is 12.2 Å². The summed E-state index contributed by atoms with van der Waals surface area (Å²) in [7, 11) is 0. The van der Waals surface area contributed by atoms with Crippen molar-refractivity contribution in [1.29, 1.82) is 0 Å². The summed E-state index contributed by atoms with van der Waals surface area (Å²) in [6.07, 6.45) is 8.31. The van der Waals surface area contributed by atoms with E-state index >= 15 is 0 Å². The highest BCUT2D eigenvalue weighted by Gasteiger charge is 2.17. The first-order valence-corrected chi connectivity index (χ1v) is 9.15. The molecule has 0 radical (unpaired) electrons. The lowest BCUT2D eigenvalue weighted by Crippen LogP contribution is -1.96. The van der Waals surface area contributed by atoms with Crippen molar-refractivity contribution >= 4 is 23.1 Å². The molecule has 0 fully saturated rings. The Labute approximate surface area is 119 Å². The van der Waals surface area contributed by atoms with Crippen LogP contribution in [0.3, 0.4) is 0 Å². The molecule has 0 saturated heterocycles. The molecular formula is C15H24OS2. The van der Waals surface area contributed by atoms with Crippen LogP contribution in [0, 0.1) is 0 Å². The molecule has 0 saturated carbocycles. The average Bonchev–Trinajstić information content (AvgIpc) is 2.82. The van der Waals surface area contributed by atoms with Crippen molar-refractivity contribution in [1.82, 2.24) is 0 Å². The minimum atomic E-state index is -0.216. The van der Waals surface area contributed by atoms with Crippen LogP contribution in [0.15, 0.2) is 6.07 Å². The number of hydrogen-bond donors (Lipinski definition) is 1. The van der Waals surface area contributed by atoms with Crippen LogP contribution in [0.5, 0.6) is 0 Å². The molecule has 0 bridgehead atoms. The minimum absolute atomic E-state index is 0.216. The van der Waals surface area contributed by atoms with E-state index in [1.165, 1.54) is 59.6 Å². The van der Waals surface area contributed by atoms with Crippen molar-refractivity contribution in [3.8, 4) is 0 Å². The Bertz CT molecular complexity index is 336. The Hall–Kier alpha value is 0.01000. The Kier molecular flexibility index (Phi) is 6.06. The van der Waals surface area contributed by atoms with Crippen molar-refractivity contribution in [2.45, 2.75) is 63.7 Å². The first-order valence-electron chi connectivity index (χ1n) is 7.18. The zero-order valence-corrected chi connectivity index (χ0v) is 12.9. The van der Waals surface area contributed by atoms with Gasteiger partial charge in [-0.1, -0.05) is 39.0 Å². The molecule has 1 aromatic rings. The summed E-state index contributed by atoms with van der Waals surface area (Å²) >= 11 is 3.86. The van der Waals surface area contributed by atoms with Crippen molar-refractivity contribution < 1.29 is 5.11 Å². The number of aliphatic hydroxyl groups excluding tert-OH is 1. The van der Waals surface area contributed by atoms with E-state index in [4.69, 9.17) is 0 Å². The standard InChI is InChI=1S/C15H24OS2/c1-2-3-4-5-6-7-13(16)15-10-12-11-17-9-8-14(12)18-15/h10,13,16H,2-9,11H2,1H3.